The monoisotopic (exact) mass is 510 g/mol. The van der Waals surface area contributed by atoms with Crippen LogP contribution in [0.2, 0.25) is 0 Å². The summed E-state index contributed by atoms with van der Waals surface area (Å²) in [4.78, 5) is 9.31. The Labute approximate surface area is 229 Å². The standard InChI is InChI=1S/C36H22N4/c1-2-10-27-25(8-1)26-9-3-5-13-30(26)40-33(27)22-24-16-17-32-35(36(24)40)28-11-4-6-14-31(28)39(32)34-15-7-12-29(38-34)23-18-20-37-21-19-23/h1-22H. The molecule has 9 aromatic rings. The van der Waals surface area contributed by atoms with Crippen LogP contribution in [0.3, 0.4) is 0 Å². The van der Waals surface area contributed by atoms with Gasteiger partial charge in [0.05, 0.1) is 33.3 Å². The lowest BCUT2D eigenvalue weighted by Crippen LogP contribution is -1.98. The van der Waals surface area contributed by atoms with Crippen LogP contribution in [0.5, 0.6) is 0 Å². The van der Waals surface area contributed by atoms with Gasteiger partial charge in [-0.15, -0.1) is 0 Å². The first kappa shape index (κ1) is 21.5. The molecule has 0 unspecified atom stereocenters. The molecule has 5 heterocycles. The Hall–Kier alpha value is -5.48. The molecule has 0 amide bonds. The Morgan fingerprint density at radius 3 is 2.02 bits per heavy atom. The summed E-state index contributed by atoms with van der Waals surface area (Å²) in [6, 6.07) is 43.3. The van der Waals surface area contributed by atoms with Crippen molar-refractivity contribution in [1.82, 2.24) is 18.9 Å². The van der Waals surface area contributed by atoms with Crippen molar-refractivity contribution in [3.63, 3.8) is 0 Å². The summed E-state index contributed by atoms with van der Waals surface area (Å²) < 4.78 is 4.77. The topological polar surface area (TPSA) is 35.1 Å². The molecule has 0 bridgehead atoms. The number of pyridine rings is 3. The average Bonchev–Trinajstić information content (AvgIpc) is 3.58. The zero-order chi connectivity index (χ0) is 26.2. The van der Waals surface area contributed by atoms with Crippen LogP contribution in [-0.2, 0) is 0 Å². The highest BCUT2D eigenvalue weighted by Gasteiger charge is 2.20. The first-order valence-electron chi connectivity index (χ1n) is 13.5. The molecule has 4 heteroatoms. The molecule has 0 radical (unpaired) electrons. The summed E-state index contributed by atoms with van der Waals surface area (Å²) >= 11 is 0. The molecule has 4 aromatic carbocycles. The van der Waals surface area contributed by atoms with E-state index in [4.69, 9.17) is 4.98 Å². The van der Waals surface area contributed by atoms with Gasteiger partial charge in [0.2, 0.25) is 0 Å². The fourth-order valence-electron chi connectivity index (χ4n) is 6.51. The minimum atomic E-state index is 0.899. The molecular formula is C36H22N4. The maximum atomic E-state index is 5.14. The number of aromatic nitrogens is 4. The summed E-state index contributed by atoms with van der Waals surface area (Å²) in [6.07, 6.45) is 3.62. The van der Waals surface area contributed by atoms with Gasteiger partial charge < -0.3 is 4.40 Å². The Morgan fingerprint density at radius 2 is 1.20 bits per heavy atom. The summed E-state index contributed by atoms with van der Waals surface area (Å²) in [5, 5.41) is 7.50. The fourth-order valence-corrected chi connectivity index (χ4v) is 6.51. The van der Waals surface area contributed by atoms with Crippen LogP contribution in [0.4, 0.5) is 0 Å². The highest BCUT2D eigenvalue weighted by Crippen LogP contribution is 2.41. The van der Waals surface area contributed by atoms with E-state index >= 15 is 0 Å². The second-order valence-corrected chi connectivity index (χ2v) is 10.3. The minimum Gasteiger partial charge on any atom is -0.308 e. The second-order valence-electron chi connectivity index (χ2n) is 10.3. The molecule has 0 spiro atoms. The van der Waals surface area contributed by atoms with E-state index in [1.807, 2.05) is 24.5 Å². The lowest BCUT2D eigenvalue weighted by atomic mass is 10.1. The van der Waals surface area contributed by atoms with Crippen molar-refractivity contribution in [2.24, 2.45) is 0 Å². The molecule has 0 saturated heterocycles. The number of rotatable bonds is 2. The van der Waals surface area contributed by atoms with Gasteiger partial charge in [0, 0.05) is 44.9 Å². The van der Waals surface area contributed by atoms with Crippen LogP contribution in [-0.4, -0.2) is 18.9 Å². The first-order chi connectivity index (χ1) is 19.9. The molecule has 9 rings (SSSR count). The van der Waals surface area contributed by atoms with Crippen molar-refractivity contribution in [3.8, 4) is 17.1 Å². The van der Waals surface area contributed by atoms with Crippen LogP contribution >= 0.6 is 0 Å². The molecule has 5 aromatic heterocycles. The normalized spacial score (nSPS) is 12.0. The maximum Gasteiger partial charge on any atom is 0.138 e. The number of hydrogen-bond donors (Lipinski definition) is 0. The molecule has 0 aliphatic rings. The van der Waals surface area contributed by atoms with Crippen molar-refractivity contribution in [2.75, 3.05) is 0 Å². The van der Waals surface area contributed by atoms with Gasteiger partial charge >= 0.3 is 0 Å². The number of para-hydroxylation sites is 2. The van der Waals surface area contributed by atoms with Crippen LogP contribution in [0.25, 0.3) is 77.0 Å². The van der Waals surface area contributed by atoms with Gasteiger partial charge in [-0.2, -0.15) is 0 Å². The molecule has 186 valence electrons. The van der Waals surface area contributed by atoms with Gasteiger partial charge in [-0.1, -0.05) is 72.8 Å². The number of nitrogens with zero attached hydrogens (tertiary/aromatic N) is 4. The quantitative estimate of drug-likeness (QED) is 0.218. The Balaban J connectivity index is 1.47. The minimum absolute atomic E-state index is 0.899. The van der Waals surface area contributed by atoms with Crippen molar-refractivity contribution < 1.29 is 0 Å². The van der Waals surface area contributed by atoms with Gasteiger partial charge in [0.15, 0.2) is 0 Å². The molecule has 4 nitrogen and oxygen atoms in total. The third-order valence-electron chi connectivity index (χ3n) is 8.18. The molecule has 40 heavy (non-hydrogen) atoms. The van der Waals surface area contributed by atoms with E-state index in [1.165, 1.54) is 48.9 Å². The molecule has 0 saturated carbocycles. The van der Waals surface area contributed by atoms with Gasteiger partial charge in [-0.25, -0.2) is 4.98 Å². The van der Waals surface area contributed by atoms with Crippen LogP contribution in [0, 0.1) is 0 Å². The van der Waals surface area contributed by atoms with Crippen molar-refractivity contribution >= 4 is 59.9 Å². The number of fused-ring (bicyclic) bond motifs is 12. The summed E-state index contributed by atoms with van der Waals surface area (Å²) in [5.74, 6) is 0.899. The Bertz CT molecular complexity index is 2430. The summed E-state index contributed by atoms with van der Waals surface area (Å²) in [6.45, 7) is 0. The molecule has 0 aliphatic heterocycles. The fraction of sp³-hybridized carbons (Fsp3) is 0. The van der Waals surface area contributed by atoms with E-state index in [0.717, 1.165) is 28.1 Å². The van der Waals surface area contributed by atoms with Crippen molar-refractivity contribution in [1.29, 1.82) is 0 Å². The summed E-state index contributed by atoms with van der Waals surface area (Å²) in [7, 11) is 0. The third-order valence-corrected chi connectivity index (χ3v) is 8.18. The highest BCUT2D eigenvalue weighted by molar-refractivity contribution is 6.24. The van der Waals surface area contributed by atoms with Crippen molar-refractivity contribution in [2.45, 2.75) is 0 Å². The molecule has 0 fully saturated rings. The average molecular weight is 511 g/mol. The SMILES string of the molecule is c1cc(-c2ccncc2)nc(-n2c3ccccc3c3c2ccc2cc4c5ccccc5c5ccccc5n4c23)c1. The molecule has 0 N–H and O–H groups in total. The Kier molecular flexibility index (Phi) is 4.30. The highest BCUT2D eigenvalue weighted by atomic mass is 15.1. The van der Waals surface area contributed by atoms with E-state index < -0.39 is 0 Å². The van der Waals surface area contributed by atoms with Gasteiger partial charge in [-0.05, 0) is 53.9 Å². The largest absolute Gasteiger partial charge is 0.308 e. The van der Waals surface area contributed by atoms with Gasteiger partial charge in [0.1, 0.15) is 5.82 Å². The van der Waals surface area contributed by atoms with E-state index in [-0.39, 0.29) is 0 Å². The van der Waals surface area contributed by atoms with Gasteiger partial charge in [0.25, 0.3) is 0 Å². The van der Waals surface area contributed by atoms with E-state index in [2.05, 4.69) is 123 Å². The zero-order valence-corrected chi connectivity index (χ0v) is 21.5. The lowest BCUT2D eigenvalue weighted by molar-refractivity contribution is 1.08. The van der Waals surface area contributed by atoms with E-state index in [1.54, 1.807) is 0 Å². The smallest absolute Gasteiger partial charge is 0.138 e. The molecular weight excluding hydrogens is 488 g/mol. The predicted molar refractivity (Wildman–Crippen MR) is 165 cm³/mol. The van der Waals surface area contributed by atoms with Crippen LogP contribution in [0.1, 0.15) is 0 Å². The Morgan fingerprint density at radius 1 is 0.500 bits per heavy atom. The lowest BCUT2D eigenvalue weighted by Gasteiger charge is -2.11. The van der Waals surface area contributed by atoms with Crippen molar-refractivity contribution in [3.05, 3.63) is 134 Å². The summed E-state index contributed by atoms with van der Waals surface area (Å²) in [5.41, 5.74) is 7.94. The molecule has 0 aliphatic carbocycles. The molecule has 0 atom stereocenters. The number of hydrogen-bond acceptors (Lipinski definition) is 2. The number of benzene rings is 4. The van der Waals surface area contributed by atoms with Crippen LogP contribution < -0.4 is 0 Å². The van der Waals surface area contributed by atoms with Gasteiger partial charge in [-0.3, -0.25) is 9.55 Å². The zero-order valence-electron chi connectivity index (χ0n) is 21.5. The predicted octanol–water partition coefficient (Wildman–Crippen LogP) is 8.95. The third kappa shape index (κ3) is 2.85. The maximum absolute atomic E-state index is 5.14. The first-order valence-corrected chi connectivity index (χ1v) is 13.5. The second kappa shape index (κ2) is 8.01. The van der Waals surface area contributed by atoms with E-state index in [0.29, 0.717) is 0 Å². The van der Waals surface area contributed by atoms with Crippen LogP contribution in [0.15, 0.2) is 134 Å². The van der Waals surface area contributed by atoms with E-state index in [9.17, 15) is 0 Å².